The van der Waals surface area contributed by atoms with Gasteiger partial charge < -0.3 is 0 Å². The SMILES string of the molecule is CC1(C)c2ccccc2-c2nc3c(ccc4ccccc43)c(-c3ccc(-c4ccc(-n5c(-c6ccccc6)nc6c7ccccc7c7ccccc7c65)cc4)cc3)c21. The number of hydrogen-bond acceptors (Lipinski definition) is 2. The van der Waals surface area contributed by atoms with E-state index in [-0.39, 0.29) is 5.41 Å². The molecule has 9 aromatic carbocycles. The Balaban J connectivity index is 1.01. The van der Waals surface area contributed by atoms with Crippen LogP contribution in [-0.4, -0.2) is 14.5 Å². The van der Waals surface area contributed by atoms with Crippen molar-refractivity contribution in [2.24, 2.45) is 0 Å². The Kier molecular flexibility index (Phi) is 6.98. The molecule has 0 amide bonds. The summed E-state index contributed by atoms with van der Waals surface area (Å²) in [5.74, 6) is 0.934. The number of hydrogen-bond donors (Lipinski definition) is 0. The normalized spacial score (nSPS) is 13.1. The van der Waals surface area contributed by atoms with Gasteiger partial charge in [-0.25, -0.2) is 9.97 Å². The van der Waals surface area contributed by atoms with Crippen molar-refractivity contribution in [1.82, 2.24) is 14.5 Å². The zero-order valence-corrected chi connectivity index (χ0v) is 32.2. The average molecular weight is 740 g/mol. The van der Waals surface area contributed by atoms with E-state index >= 15 is 0 Å². The van der Waals surface area contributed by atoms with Crippen LogP contribution in [0.2, 0.25) is 0 Å². The highest BCUT2D eigenvalue weighted by Crippen LogP contribution is 2.53. The van der Waals surface area contributed by atoms with Gasteiger partial charge in [-0.1, -0.05) is 190 Å². The first-order valence-corrected chi connectivity index (χ1v) is 20.1. The predicted octanol–water partition coefficient (Wildman–Crippen LogP) is 14.3. The molecule has 0 spiro atoms. The molecule has 2 aromatic heterocycles. The first-order valence-electron chi connectivity index (χ1n) is 20.1. The number of pyridine rings is 1. The molecule has 12 rings (SSSR count). The lowest BCUT2D eigenvalue weighted by Gasteiger charge is -2.25. The van der Waals surface area contributed by atoms with Crippen LogP contribution in [0.3, 0.4) is 0 Å². The minimum atomic E-state index is -0.198. The molecule has 0 saturated heterocycles. The zero-order valence-electron chi connectivity index (χ0n) is 32.2. The summed E-state index contributed by atoms with van der Waals surface area (Å²) in [5.41, 5.74) is 14.9. The topological polar surface area (TPSA) is 30.7 Å². The molecule has 0 bridgehead atoms. The lowest BCUT2D eigenvalue weighted by atomic mass is 9.78. The Morgan fingerprint density at radius 2 is 1.00 bits per heavy atom. The maximum atomic E-state index is 5.47. The molecule has 0 unspecified atom stereocenters. The Labute approximate surface area is 336 Å². The van der Waals surface area contributed by atoms with Crippen molar-refractivity contribution in [2.75, 3.05) is 0 Å². The molecular formula is C55H37N3. The highest BCUT2D eigenvalue weighted by Gasteiger charge is 2.39. The van der Waals surface area contributed by atoms with Gasteiger partial charge in [-0.3, -0.25) is 4.57 Å². The first-order chi connectivity index (χ1) is 28.5. The lowest BCUT2D eigenvalue weighted by Crippen LogP contribution is -2.16. The minimum Gasteiger partial charge on any atom is -0.292 e. The van der Waals surface area contributed by atoms with E-state index in [1.165, 1.54) is 71.3 Å². The Morgan fingerprint density at radius 1 is 0.414 bits per heavy atom. The quantitative estimate of drug-likeness (QED) is 0.168. The summed E-state index contributed by atoms with van der Waals surface area (Å²) in [7, 11) is 0. The third-order valence-electron chi connectivity index (χ3n) is 12.6. The molecule has 2 heterocycles. The van der Waals surface area contributed by atoms with E-state index < -0.39 is 0 Å². The Morgan fingerprint density at radius 3 is 1.76 bits per heavy atom. The second-order valence-electron chi connectivity index (χ2n) is 16.1. The summed E-state index contributed by atoms with van der Waals surface area (Å²) >= 11 is 0. The molecule has 0 saturated carbocycles. The molecule has 272 valence electrons. The van der Waals surface area contributed by atoms with Crippen LogP contribution in [-0.2, 0) is 5.41 Å². The van der Waals surface area contributed by atoms with Crippen molar-refractivity contribution in [1.29, 1.82) is 0 Å². The van der Waals surface area contributed by atoms with Crippen molar-refractivity contribution in [3.05, 3.63) is 199 Å². The maximum Gasteiger partial charge on any atom is 0.145 e. The van der Waals surface area contributed by atoms with Gasteiger partial charge in [0.15, 0.2) is 0 Å². The van der Waals surface area contributed by atoms with Crippen molar-refractivity contribution in [2.45, 2.75) is 19.3 Å². The molecule has 0 aliphatic heterocycles. The van der Waals surface area contributed by atoms with Gasteiger partial charge in [0.25, 0.3) is 0 Å². The summed E-state index contributed by atoms with van der Waals surface area (Å²) in [6.45, 7) is 4.70. The molecule has 0 N–H and O–H groups in total. The van der Waals surface area contributed by atoms with Crippen LogP contribution in [0.4, 0.5) is 0 Å². The lowest BCUT2D eigenvalue weighted by molar-refractivity contribution is 0.662. The van der Waals surface area contributed by atoms with Crippen LogP contribution in [0, 0.1) is 0 Å². The summed E-state index contributed by atoms with van der Waals surface area (Å²) in [4.78, 5) is 10.9. The van der Waals surface area contributed by atoms with E-state index in [1.54, 1.807) is 0 Å². The van der Waals surface area contributed by atoms with Crippen LogP contribution in [0.5, 0.6) is 0 Å². The van der Waals surface area contributed by atoms with E-state index in [0.717, 1.165) is 44.7 Å². The van der Waals surface area contributed by atoms with Crippen LogP contribution >= 0.6 is 0 Å². The molecule has 3 heteroatoms. The highest BCUT2D eigenvalue weighted by molar-refractivity contribution is 6.24. The molecule has 0 radical (unpaired) electrons. The number of benzene rings is 9. The fourth-order valence-electron chi connectivity index (χ4n) is 9.84. The summed E-state index contributed by atoms with van der Waals surface area (Å²) in [6.07, 6.45) is 0. The second kappa shape index (κ2) is 12.3. The van der Waals surface area contributed by atoms with Gasteiger partial charge in [0.05, 0.1) is 22.2 Å². The van der Waals surface area contributed by atoms with E-state index in [2.05, 4.69) is 206 Å². The van der Waals surface area contributed by atoms with Crippen LogP contribution < -0.4 is 0 Å². The van der Waals surface area contributed by atoms with Gasteiger partial charge in [0.2, 0.25) is 0 Å². The highest BCUT2D eigenvalue weighted by atomic mass is 15.1. The first kappa shape index (κ1) is 32.8. The van der Waals surface area contributed by atoms with Gasteiger partial charge in [-0.15, -0.1) is 0 Å². The Bertz CT molecular complexity index is 3450. The zero-order chi connectivity index (χ0) is 38.5. The Hall–Kier alpha value is -7.36. The second-order valence-corrected chi connectivity index (χ2v) is 16.1. The summed E-state index contributed by atoms with van der Waals surface area (Å²) in [5, 5.41) is 8.40. The number of fused-ring (bicyclic) bond motifs is 12. The molecule has 1 aliphatic rings. The minimum absolute atomic E-state index is 0.198. The summed E-state index contributed by atoms with van der Waals surface area (Å²) < 4.78 is 2.35. The van der Waals surface area contributed by atoms with Gasteiger partial charge in [-0.2, -0.15) is 0 Å². The molecule has 58 heavy (non-hydrogen) atoms. The third-order valence-corrected chi connectivity index (χ3v) is 12.6. The number of imidazole rings is 1. The third kappa shape index (κ3) is 4.68. The number of rotatable bonds is 4. The molecule has 3 nitrogen and oxygen atoms in total. The van der Waals surface area contributed by atoms with Gasteiger partial charge in [0.1, 0.15) is 5.82 Å². The average Bonchev–Trinajstić information content (AvgIpc) is 3.80. The van der Waals surface area contributed by atoms with Crippen molar-refractivity contribution in [3.8, 4) is 50.6 Å². The molecular weight excluding hydrogens is 703 g/mol. The van der Waals surface area contributed by atoms with Crippen molar-refractivity contribution < 1.29 is 0 Å². The van der Waals surface area contributed by atoms with E-state index in [1.807, 2.05) is 0 Å². The molecule has 0 atom stereocenters. The summed E-state index contributed by atoms with van der Waals surface area (Å²) in [6, 6.07) is 68.0. The van der Waals surface area contributed by atoms with Crippen LogP contribution in [0.1, 0.15) is 25.0 Å². The largest absolute Gasteiger partial charge is 0.292 e. The maximum absolute atomic E-state index is 5.47. The standard InChI is InChI=1S/C55H37N3/c1-55(2)47-23-13-12-22-45(47)51-49(55)48(46-33-30-36-14-6-7-17-40(36)50(46)56-51)37-26-24-34(25-27-37)35-28-31-39(32-29-35)58-53-44-21-11-9-19-42(44)41-18-8-10-20-43(41)52(53)57-54(58)38-15-4-3-5-16-38/h3-33H,1-2H3. The predicted molar refractivity (Wildman–Crippen MR) is 243 cm³/mol. The fourth-order valence-corrected chi connectivity index (χ4v) is 9.84. The van der Waals surface area contributed by atoms with E-state index in [0.29, 0.717) is 0 Å². The fraction of sp³-hybridized carbons (Fsp3) is 0.0545. The smallest absolute Gasteiger partial charge is 0.145 e. The van der Waals surface area contributed by atoms with Crippen molar-refractivity contribution in [3.63, 3.8) is 0 Å². The molecule has 11 aromatic rings. The van der Waals surface area contributed by atoms with E-state index in [4.69, 9.17) is 9.97 Å². The monoisotopic (exact) mass is 739 g/mol. The number of aromatic nitrogens is 3. The molecule has 1 aliphatic carbocycles. The molecule has 0 fully saturated rings. The van der Waals surface area contributed by atoms with Gasteiger partial charge in [0, 0.05) is 43.8 Å². The van der Waals surface area contributed by atoms with Crippen molar-refractivity contribution >= 4 is 54.3 Å². The van der Waals surface area contributed by atoms with Crippen LogP contribution in [0.15, 0.2) is 188 Å². The van der Waals surface area contributed by atoms with Gasteiger partial charge in [-0.05, 0) is 61.7 Å². The number of nitrogens with zero attached hydrogens (tertiary/aromatic N) is 3. The van der Waals surface area contributed by atoms with Crippen LogP contribution in [0.25, 0.3) is 105 Å². The van der Waals surface area contributed by atoms with Gasteiger partial charge >= 0.3 is 0 Å². The van der Waals surface area contributed by atoms with E-state index in [9.17, 15) is 0 Å².